The predicted molar refractivity (Wildman–Crippen MR) is 45.3 cm³/mol. The van der Waals surface area contributed by atoms with Gasteiger partial charge in [0.05, 0.1) is 0 Å². The van der Waals surface area contributed by atoms with Crippen LogP contribution in [0.15, 0.2) is 30.7 Å². The SMILES string of the molecule is C=C(C)CNc1ccncn1. The van der Waals surface area contributed by atoms with E-state index in [4.69, 9.17) is 0 Å². The van der Waals surface area contributed by atoms with E-state index in [2.05, 4.69) is 21.9 Å². The van der Waals surface area contributed by atoms with Gasteiger partial charge in [-0.3, -0.25) is 0 Å². The molecule has 0 aliphatic heterocycles. The molecule has 3 nitrogen and oxygen atoms in total. The molecule has 11 heavy (non-hydrogen) atoms. The summed E-state index contributed by atoms with van der Waals surface area (Å²) >= 11 is 0. The van der Waals surface area contributed by atoms with Gasteiger partial charge >= 0.3 is 0 Å². The average molecular weight is 149 g/mol. The highest BCUT2D eigenvalue weighted by molar-refractivity contribution is 5.33. The van der Waals surface area contributed by atoms with Crippen LogP contribution in [-0.4, -0.2) is 16.5 Å². The zero-order valence-corrected chi connectivity index (χ0v) is 6.54. The largest absolute Gasteiger partial charge is 0.366 e. The summed E-state index contributed by atoms with van der Waals surface area (Å²) in [6.45, 7) is 6.49. The number of aromatic nitrogens is 2. The molecule has 0 aromatic carbocycles. The molecule has 0 saturated heterocycles. The summed E-state index contributed by atoms with van der Waals surface area (Å²) < 4.78 is 0. The summed E-state index contributed by atoms with van der Waals surface area (Å²) in [6, 6.07) is 1.82. The Kier molecular flexibility index (Phi) is 2.60. The Morgan fingerprint density at radius 3 is 3.09 bits per heavy atom. The first-order valence-corrected chi connectivity index (χ1v) is 3.43. The second-order valence-corrected chi connectivity index (χ2v) is 2.41. The lowest BCUT2D eigenvalue weighted by molar-refractivity contribution is 1.12. The van der Waals surface area contributed by atoms with Crippen molar-refractivity contribution in [3.63, 3.8) is 0 Å². The number of nitrogens with one attached hydrogen (secondary N) is 1. The minimum atomic E-state index is 0.761. The topological polar surface area (TPSA) is 37.8 Å². The molecule has 0 fully saturated rings. The Bertz CT molecular complexity index is 230. The van der Waals surface area contributed by atoms with Gasteiger partial charge in [0.2, 0.25) is 0 Å². The Hall–Kier alpha value is -1.38. The molecule has 1 rings (SSSR count). The van der Waals surface area contributed by atoms with Crippen molar-refractivity contribution in [2.45, 2.75) is 6.92 Å². The van der Waals surface area contributed by atoms with Gasteiger partial charge in [-0.15, -0.1) is 0 Å². The van der Waals surface area contributed by atoms with Crippen LogP contribution in [-0.2, 0) is 0 Å². The zero-order chi connectivity index (χ0) is 8.10. The lowest BCUT2D eigenvalue weighted by atomic mass is 10.3. The van der Waals surface area contributed by atoms with Gasteiger partial charge in [-0.2, -0.15) is 0 Å². The summed E-state index contributed by atoms with van der Waals surface area (Å²) in [7, 11) is 0. The van der Waals surface area contributed by atoms with Crippen molar-refractivity contribution in [1.29, 1.82) is 0 Å². The molecule has 0 aliphatic carbocycles. The predicted octanol–water partition coefficient (Wildman–Crippen LogP) is 1.46. The van der Waals surface area contributed by atoms with E-state index in [1.54, 1.807) is 6.20 Å². The van der Waals surface area contributed by atoms with Gasteiger partial charge in [-0.25, -0.2) is 9.97 Å². The number of anilines is 1. The molecule has 0 radical (unpaired) electrons. The maximum atomic E-state index is 3.99. The summed E-state index contributed by atoms with van der Waals surface area (Å²) in [5.41, 5.74) is 1.09. The van der Waals surface area contributed by atoms with Crippen molar-refractivity contribution in [2.24, 2.45) is 0 Å². The van der Waals surface area contributed by atoms with Crippen LogP contribution in [0.5, 0.6) is 0 Å². The van der Waals surface area contributed by atoms with Crippen LogP contribution in [0.25, 0.3) is 0 Å². The number of rotatable bonds is 3. The fourth-order valence-corrected chi connectivity index (χ4v) is 0.637. The second kappa shape index (κ2) is 3.71. The first-order chi connectivity index (χ1) is 5.29. The molecule has 58 valence electrons. The first-order valence-electron chi connectivity index (χ1n) is 3.43. The van der Waals surface area contributed by atoms with Crippen LogP contribution < -0.4 is 5.32 Å². The van der Waals surface area contributed by atoms with Gasteiger partial charge in [-0.1, -0.05) is 12.2 Å². The third-order valence-corrected chi connectivity index (χ3v) is 1.15. The van der Waals surface area contributed by atoms with Crippen molar-refractivity contribution >= 4 is 5.82 Å². The van der Waals surface area contributed by atoms with Gasteiger partial charge < -0.3 is 5.32 Å². The van der Waals surface area contributed by atoms with E-state index in [1.807, 2.05) is 13.0 Å². The molecule has 1 heterocycles. The summed E-state index contributed by atoms with van der Waals surface area (Å²) in [4.78, 5) is 7.79. The third-order valence-electron chi connectivity index (χ3n) is 1.15. The molecular weight excluding hydrogens is 138 g/mol. The monoisotopic (exact) mass is 149 g/mol. The molecule has 1 aromatic rings. The van der Waals surface area contributed by atoms with Crippen LogP contribution >= 0.6 is 0 Å². The Morgan fingerprint density at radius 2 is 2.55 bits per heavy atom. The van der Waals surface area contributed by atoms with Crippen LogP contribution in [0.3, 0.4) is 0 Å². The Balaban J connectivity index is 2.45. The van der Waals surface area contributed by atoms with Gasteiger partial charge in [0.25, 0.3) is 0 Å². The molecule has 0 unspecified atom stereocenters. The lowest BCUT2D eigenvalue weighted by Gasteiger charge is -2.02. The van der Waals surface area contributed by atoms with Gasteiger partial charge in [0.15, 0.2) is 0 Å². The molecule has 3 heteroatoms. The van der Waals surface area contributed by atoms with E-state index in [1.165, 1.54) is 6.33 Å². The lowest BCUT2D eigenvalue weighted by Crippen LogP contribution is -2.03. The average Bonchev–Trinajstić information content (AvgIpc) is 2.03. The fraction of sp³-hybridized carbons (Fsp3) is 0.250. The minimum Gasteiger partial charge on any atom is -0.366 e. The smallest absolute Gasteiger partial charge is 0.129 e. The molecule has 0 aliphatic rings. The van der Waals surface area contributed by atoms with E-state index >= 15 is 0 Å². The van der Waals surface area contributed by atoms with E-state index in [0.717, 1.165) is 17.9 Å². The van der Waals surface area contributed by atoms with Crippen molar-refractivity contribution in [3.05, 3.63) is 30.7 Å². The fourth-order valence-electron chi connectivity index (χ4n) is 0.637. The molecular formula is C8H11N3. The van der Waals surface area contributed by atoms with E-state index < -0.39 is 0 Å². The van der Waals surface area contributed by atoms with Gasteiger partial charge in [-0.05, 0) is 13.0 Å². The third kappa shape index (κ3) is 2.80. The van der Waals surface area contributed by atoms with E-state index in [-0.39, 0.29) is 0 Å². The van der Waals surface area contributed by atoms with Crippen molar-refractivity contribution in [2.75, 3.05) is 11.9 Å². The maximum Gasteiger partial charge on any atom is 0.129 e. The highest BCUT2D eigenvalue weighted by Gasteiger charge is 1.89. The number of nitrogens with zero attached hydrogens (tertiary/aromatic N) is 2. The maximum absolute atomic E-state index is 3.99. The zero-order valence-electron chi connectivity index (χ0n) is 6.54. The highest BCUT2D eigenvalue weighted by Crippen LogP contribution is 1.98. The van der Waals surface area contributed by atoms with Gasteiger partial charge in [0.1, 0.15) is 12.1 Å². The van der Waals surface area contributed by atoms with Crippen molar-refractivity contribution in [3.8, 4) is 0 Å². The van der Waals surface area contributed by atoms with Crippen molar-refractivity contribution in [1.82, 2.24) is 9.97 Å². The molecule has 0 amide bonds. The highest BCUT2D eigenvalue weighted by atomic mass is 15.0. The second-order valence-electron chi connectivity index (χ2n) is 2.41. The normalized spacial score (nSPS) is 9.18. The molecule has 0 bridgehead atoms. The summed E-state index contributed by atoms with van der Waals surface area (Å²) in [5.74, 6) is 0.836. The van der Waals surface area contributed by atoms with Gasteiger partial charge in [0, 0.05) is 12.7 Å². The quantitative estimate of drug-likeness (QED) is 0.661. The molecule has 1 N–H and O–H groups in total. The summed E-state index contributed by atoms with van der Waals surface area (Å²) in [5, 5.41) is 3.09. The number of hydrogen-bond acceptors (Lipinski definition) is 3. The number of hydrogen-bond donors (Lipinski definition) is 1. The molecule has 0 saturated carbocycles. The molecule has 0 atom stereocenters. The Labute approximate surface area is 66.2 Å². The van der Waals surface area contributed by atoms with Crippen molar-refractivity contribution < 1.29 is 0 Å². The van der Waals surface area contributed by atoms with Crippen LogP contribution in [0, 0.1) is 0 Å². The standard InChI is InChI=1S/C8H11N3/c1-7(2)5-10-8-3-4-9-6-11-8/h3-4,6H,1,5H2,2H3,(H,9,10,11). The molecule has 1 aromatic heterocycles. The first kappa shape index (κ1) is 7.72. The van der Waals surface area contributed by atoms with E-state index in [9.17, 15) is 0 Å². The summed E-state index contributed by atoms with van der Waals surface area (Å²) in [6.07, 6.45) is 3.22. The minimum absolute atomic E-state index is 0.761. The van der Waals surface area contributed by atoms with Crippen LogP contribution in [0.4, 0.5) is 5.82 Å². The van der Waals surface area contributed by atoms with E-state index in [0.29, 0.717) is 0 Å². The van der Waals surface area contributed by atoms with Crippen LogP contribution in [0.2, 0.25) is 0 Å². The Morgan fingerprint density at radius 1 is 1.73 bits per heavy atom. The molecule has 0 spiro atoms. The van der Waals surface area contributed by atoms with Crippen LogP contribution in [0.1, 0.15) is 6.92 Å².